The summed E-state index contributed by atoms with van der Waals surface area (Å²) in [6.07, 6.45) is -1.50. The van der Waals surface area contributed by atoms with Crippen LogP contribution in [-0.4, -0.2) is 30.6 Å². The van der Waals surface area contributed by atoms with Crippen LogP contribution in [0.5, 0.6) is 0 Å². The zero-order chi connectivity index (χ0) is 20.5. The van der Waals surface area contributed by atoms with Crippen molar-refractivity contribution in [1.82, 2.24) is 30.0 Å². The van der Waals surface area contributed by atoms with E-state index in [4.69, 9.17) is 0 Å². The summed E-state index contributed by atoms with van der Waals surface area (Å²) in [6.45, 7) is 1.64. The summed E-state index contributed by atoms with van der Waals surface area (Å²) in [4.78, 5) is 25.0. The van der Waals surface area contributed by atoms with Gasteiger partial charge in [0.05, 0.1) is 11.6 Å². The summed E-state index contributed by atoms with van der Waals surface area (Å²) in [5.41, 5.74) is -1.06. The van der Waals surface area contributed by atoms with Crippen LogP contribution in [0.2, 0.25) is 0 Å². The molecule has 2 aromatic heterocycles. The Morgan fingerprint density at radius 3 is 2.57 bits per heavy atom. The fraction of sp³-hybridized carbons (Fsp3) is 0.188. The Kier molecular flexibility index (Phi) is 5.98. The average Bonchev–Trinajstić information content (AvgIpc) is 3.03. The summed E-state index contributed by atoms with van der Waals surface area (Å²) >= 11 is 4.91. The number of rotatable bonds is 4. The zero-order valence-corrected chi connectivity index (χ0v) is 17.8. The molecule has 0 bridgehead atoms. The van der Waals surface area contributed by atoms with E-state index in [0.717, 1.165) is 12.1 Å². The van der Waals surface area contributed by atoms with Crippen molar-refractivity contribution in [2.45, 2.75) is 19.1 Å². The molecule has 0 fully saturated rings. The molecule has 1 aromatic carbocycles. The van der Waals surface area contributed by atoms with Crippen LogP contribution in [0.15, 0.2) is 41.1 Å². The van der Waals surface area contributed by atoms with Crippen LogP contribution in [0.1, 0.15) is 34.7 Å². The van der Waals surface area contributed by atoms with E-state index in [0.29, 0.717) is 9.66 Å². The molecule has 0 saturated carbocycles. The van der Waals surface area contributed by atoms with Gasteiger partial charge in [0.25, 0.3) is 11.9 Å². The Morgan fingerprint density at radius 2 is 1.93 bits per heavy atom. The quantitative estimate of drug-likeness (QED) is 0.484. The molecule has 3 aromatic rings. The van der Waals surface area contributed by atoms with E-state index in [9.17, 15) is 18.0 Å². The van der Waals surface area contributed by atoms with Crippen molar-refractivity contribution < 1.29 is 18.0 Å². The number of hydrogen-bond acceptors (Lipinski definition) is 5. The summed E-state index contributed by atoms with van der Waals surface area (Å²) in [5.74, 6) is -0.0799. The second kappa shape index (κ2) is 8.11. The van der Waals surface area contributed by atoms with Gasteiger partial charge in [-0.05, 0) is 31.2 Å². The van der Waals surface area contributed by atoms with Crippen molar-refractivity contribution >= 4 is 44.4 Å². The topological polar surface area (TPSA) is 85.6 Å². The molecule has 2 heterocycles. The lowest BCUT2D eigenvalue weighted by Crippen LogP contribution is -2.29. The molecule has 28 heavy (non-hydrogen) atoms. The van der Waals surface area contributed by atoms with E-state index in [1.54, 1.807) is 13.0 Å². The first-order valence-corrected chi connectivity index (χ1v) is 9.61. The minimum Gasteiger partial charge on any atom is -0.342 e. The Hall–Kier alpha value is -2.09. The minimum absolute atomic E-state index is 0.134. The van der Waals surface area contributed by atoms with E-state index >= 15 is 0 Å². The third kappa shape index (κ3) is 4.66. The Bertz CT molecular complexity index is 1010. The van der Waals surface area contributed by atoms with Crippen LogP contribution < -0.4 is 5.32 Å². The molecule has 0 aliphatic heterocycles. The molecule has 1 amide bonds. The lowest BCUT2D eigenvalue weighted by molar-refractivity contribution is -0.137. The SMILES string of the molecule is CC(NC(=O)c1cc(Br)cc(C(F)(F)F)c1)c1nc(I)nn1-c1ncccn1. The monoisotopic (exact) mass is 566 g/mol. The van der Waals surface area contributed by atoms with Crippen LogP contribution in [0, 0.1) is 3.83 Å². The van der Waals surface area contributed by atoms with Crippen LogP contribution in [0.25, 0.3) is 5.95 Å². The van der Waals surface area contributed by atoms with Gasteiger partial charge < -0.3 is 5.32 Å². The zero-order valence-electron chi connectivity index (χ0n) is 14.1. The first-order valence-electron chi connectivity index (χ1n) is 7.73. The van der Waals surface area contributed by atoms with E-state index in [2.05, 4.69) is 41.3 Å². The van der Waals surface area contributed by atoms with Gasteiger partial charge in [0.1, 0.15) is 0 Å². The van der Waals surface area contributed by atoms with Gasteiger partial charge in [-0.15, -0.1) is 5.10 Å². The van der Waals surface area contributed by atoms with Crippen molar-refractivity contribution in [2.75, 3.05) is 0 Å². The van der Waals surface area contributed by atoms with Gasteiger partial charge in [-0.3, -0.25) is 4.79 Å². The molecule has 12 heteroatoms. The molecule has 146 valence electrons. The number of amides is 1. The van der Waals surface area contributed by atoms with Crippen molar-refractivity contribution in [1.29, 1.82) is 0 Å². The highest BCUT2D eigenvalue weighted by Gasteiger charge is 2.32. The van der Waals surface area contributed by atoms with Crippen LogP contribution in [0.4, 0.5) is 13.2 Å². The normalized spacial score (nSPS) is 12.6. The minimum atomic E-state index is -4.56. The van der Waals surface area contributed by atoms with Crippen LogP contribution in [0.3, 0.4) is 0 Å². The number of carbonyl (C=O) groups excluding carboxylic acids is 1. The fourth-order valence-corrected chi connectivity index (χ4v) is 3.31. The third-order valence-corrected chi connectivity index (χ3v) is 4.48. The smallest absolute Gasteiger partial charge is 0.342 e. The van der Waals surface area contributed by atoms with Gasteiger partial charge in [0.2, 0.25) is 3.83 Å². The van der Waals surface area contributed by atoms with Gasteiger partial charge in [-0.2, -0.15) is 17.9 Å². The molecule has 3 rings (SSSR count). The molecule has 0 saturated heterocycles. The van der Waals surface area contributed by atoms with E-state index in [1.807, 2.05) is 22.6 Å². The van der Waals surface area contributed by atoms with Gasteiger partial charge in [0, 0.05) is 45.0 Å². The average molecular weight is 567 g/mol. The van der Waals surface area contributed by atoms with Gasteiger partial charge >= 0.3 is 6.18 Å². The molecular weight excluding hydrogens is 556 g/mol. The molecule has 0 aliphatic carbocycles. The lowest BCUT2D eigenvalue weighted by Gasteiger charge is -2.15. The first-order chi connectivity index (χ1) is 13.1. The maximum absolute atomic E-state index is 13.0. The van der Waals surface area contributed by atoms with E-state index in [1.165, 1.54) is 23.1 Å². The highest BCUT2D eigenvalue weighted by molar-refractivity contribution is 14.1. The van der Waals surface area contributed by atoms with E-state index < -0.39 is 23.7 Å². The van der Waals surface area contributed by atoms with Crippen molar-refractivity contribution in [3.63, 3.8) is 0 Å². The highest BCUT2D eigenvalue weighted by Crippen LogP contribution is 2.32. The number of benzene rings is 1. The molecule has 1 N–H and O–H groups in total. The van der Waals surface area contributed by atoms with Crippen molar-refractivity contribution in [2.24, 2.45) is 0 Å². The van der Waals surface area contributed by atoms with Crippen LogP contribution in [-0.2, 0) is 6.18 Å². The van der Waals surface area contributed by atoms with Crippen molar-refractivity contribution in [3.05, 3.63) is 61.9 Å². The third-order valence-electron chi connectivity index (χ3n) is 3.57. The second-order valence-corrected chi connectivity index (χ2v) is 7.50. The van der Waals surface area contributed by atoms with E-state index in [-0.39, 0.29) is 16.0 Å². The molecule has 1 atom stereocenters. The highest BCUT2D eigenvalue weighted by atomic mass is 127. The summed E-state index contributed by atoms with van der Waals surface area (Å²) in [6, 6.07) is 3.99. The van der Waals surface area contributed by atoms with Gasteiger partial charge in [-0.25, -0.2) is 15.0 Å². The van der Waals surface area contributed by atoms with Gasteiger partial charge in [-0.1, -0.05) is 15.9 Å². The maximum Gasteiger partial charge on any atom is 0.416 e. The van der Waals surface area contributed by atoms with Gasteiger partial charge in [0.15, 0.2) is 5.82 Å². The number of hydrogen-bond donors (Lipinski definition) is 1. The largest absolute Gasteiger partial charge is 0.416 e. The molecule has 0 aliphatic rings. The van der Waals surface area contributed by atoms with Crippen LogP contribution >= 0.6 is 38.5 Å². The summed E-state index contributed by atoms with van der Waals surface area (Å²) < 4.78 is 40.9. The van der Waals surface area contributed by atoms with Crippen molar-refractivity contribution in [3.8, 4) is 5.95 Å². The Labute approximate surface area is 179 Å². The maximum atomic E-state index is 13.0. The Balaban J connectivity index is 1.88. The molecule has 7 nitrogen and oxygen atoms in total. The Morgan fingerprint density at radius 1 is 1.25 bits per heavy atom. The predicted molar refractivity (Wildman–Crippen MR) is 105 cm³/mol. The first kappa shape index (κ1) is 20.6. The number of halogens is 5. The number of carbonyl (C=O) groups is 1. The molecule has 0 spiro atoms. The predicted octanol–water partition coefficient (Wildman–Crippen LogP) is 3.93. The number of alkyl halides is 3. The summed E-state index contributed by atoms with van der Waals surface area (Å²) in [7, 11) is 0. The number of nitrogens with one attached hydrogen (secondary N) is 1. The molecule has 0 radical (unpaired) electrons. The fourth-order valence-electron chi connectivity index (χ4n) is 2.35. The molecular formula is C16H11BrF3IN6O. The second-order valence-electron chi connectivity index (χ2n) is 5.62. The number of aromatic nitrogens is 5. The summed E-state index contributed by atoms with van der Waals surface area (Å²) in [5, 5.41) is 6.83. The lowest BCUT2D eigenvalue weighted by atomic mass is 10.1. The standard InChI is InChI=1S/C16H11BrF3IN6O/c1-8(12-25-14(21)26-27(12)15-22-3-2-4-23-15)24-13(28)9-5-10(16(18,19)20)7-11(17)6-9/h2-8H,1H3,(H,24,28). The number of nitrogens with zero attached hydrogens (tertiary/aromatic N) is 5. The molecule has 1 unspecified atom stereocenters.